The minimum atomic E-state index is 0.127. The van der Waals surface area contributed by atoms with Crippen molar-refractivity contribution in [2.24, 2.45) is 11.3 Å². The van der Waals surface area contributed by atoms with Gasteiger partial charge in [-0.05, 0) is 41.4 Å². The molecule has 2 nitrogen and oxygen atoms in total. The average molecular weight is 338 g/mol. The van der Waals surface area contributed by atoms with Crippen molar-refractivity contribution in [2.45, 2.75) is 51.8 Å². The Kier molecular flexibility index (Phi) is 4.58. The number of halogens is 1. The zero-order valence-electron chi connectivity index (χ0n) is 12.8. The van der Waals surface area contributed by atoms with Gasteiger partial charge in [-0.1, -0.05) is 55.8 Å². The predicted molar refractivity (Wildman–Crippen MR) is 88.3 cm³/mol. The van der Waals surface area contributed by atoms with Crippen LogP contribution in [0.4, 0.5) is 5.69 Å². The van der Waals surface area contributed by atoms with E-state index < -0.39 is 0 Å². The van der Waals surface area contributed by atoms with E-state index in [2.05, 4.69) is 61.1 Å². The van der Waals surface area contributed by atoms with Crippen molar-refractivity contribution >= 4 is 27.5 Å². The minimum absolute atomic E-state index is 0.127. The van der Waals surface area contributed by atoms with Gasteiger partial charge < -0.3 is 5.32 Å². The monoisotopic (exact) mass is 337 g/mol. The first-order valence-corrected chi connectivity index (χ1v) is 8.25. The Labute approximate surface area is 130 Å². The number of benzene rings is 1. The Morgan fingerprint density at radius 2 is 2.00 bits per heavy atom. The molecule has 0 aromatic heterocycles. The van der Waals surface area contributed by atoms with Crippen LogP contribution in [0.3, 0.4) is 0 Å². The largest absolute Gasteiger partial charge is 0.326 e. The van der Waals surface area contributed by atoms with E-state index >= 15 is 0 Å². The van der Waals surface area contributed by atoms with Crippen LogP contribution in [0.2, 0.25) is 0 Å². The number of rotatable bonds is 3. The third-order valence-electron chi connectivity index (χ3n) is 4.43. The van der Waals surface area contributed by atoms with Crippen molar-refractivity contribution in [2.75, 3.05) is 5.32 Å². The maximum Gasteiger partial charge on any atom is 0.224 e. The molecule has 20 heavy (non-hydrogen) atoms. The summed E-state index contributed by atoms with van der Waals surface area (Å²) in [5.41, 5.74) is 3.88. The van der Waals surface area contributed by atoms with Crippen LogP contribution in [-0.4, -0.2) is 5.91 Å². The zero-order valence-corrected chi connectivity index (χ0v) is 14.4. The van der Waals surface area contributed by atoms with Crippen LogP contribution in [-0.2, 0) is 11.2 Å². The first kappa shape index (κ1) is 15.6. The molecule has 1 N–H and O–H groups in total. The number of aryl methyl sites for hydroxylation is 1. The molecule has 0 radical (unpaired) electrons. The van der Waals surface area contributed by atoms with E-state index in [9.17, 15) is 4.79 Å². The van der Waals surface area contributed by atoms with Gasteiger partial charge in [-0.15, -0.1) is 0 Å². The molecule has 2 rings (SSSR count). The van der Waals surface area contributed by atoms with Gasteiger partial charge >= 0.3 is 0 Å². The van der Waals surface area contributed by atoms with Gasteiger partial charge in [0.25, 0.3) is 0 Å². The van der Waals surface area contributed by atoms with E-state index in [1.54, 1.807) is 0 Å². The molecule has 1 aliphatic heterocycles. The van der Waals surface area contributed by atoms with Crippen molar-refractivity contribution in [3.63, 3.8) is 0 Å². The van der Waals surface area contributed by atoms with Crippen LogP contribution in [0.1, 0.15) is 56.5 Å². The summed E-state index contributed by atoms with van der Waals surface area (Å²) in [5.74, 6) is 0.768. The van der Waals surface area contributed by atoms with Crippen molar-refractivity contribution in [3.05, 3.63) is 29.3 Å². The van der Waals surface area contributed by atoms with Gasteiger partial charge in [-0.2, -0.15) is 0 Å². The molecule has 0 saturated heterocycles. The fraction of sp³-hybridized carbons (Fsp3) is 0.588. The Hall–Kier alpha value is -0.830. The van der Waals surface area contributed by atoms with Gasteiger partial charge in [0, 0.05) is 16.9 Å². The van der Waals surface area contributed by atoms with E-state index in [0.717, 1.165) is 18.5 Å². The number of anilines is 1. The lowest BCUT2D eigenvalue weighted by Crippen LogP contribution is -2.20. The molecule has 2 atom stereocenters. The van der Waals surface area contributed by atoms with Crippen molar-refractivity contribution in [1.29, 1.82) is 0 Å². The van der Waals surface area contributed by atoms with Crippen LogP contribution in [0.15, 0.2) is 18.2 Å². The molecule has 2 unspecified atom stereocenters. The van der Waals surface area contributed by atoms with Crippen molar-refractivity contribution in [1.82, 2.24) is 0 Å². The highest BCUT2D eigenvalue weighted by Gasteiger charge is 2.24. The van der Waals surface area contributed by atoms with E-state index in [0.29, 0.717) is 22.6 Å². The van der Waals surface area contributed by atoms with Crippen LogP contribution >= 0.6 is 15.9 Å². The summed E-state index contributed by atoms with van der Waals surface area (Å²) in [7, 11) is 0. The second-order valence-corrected chi connectivity index (χ2v) is 8.04. The lowest BCUT2D eigenvalue weighted by Gasteiger charge is -2.29. The molecule has 1 aromatic rings. The first-order valence-electron chi connectivity index (χ1n) is 7.34. The lowest BCUT2D eigenvalue weighted by molar-refractivity contribution is -0.116. The number of carbonyl (C=O) groups is 1. The molecule has 0 aliphatic carbocycles. The third-order valence-corrected chi connectivity index (χ3v) is 5.33. The van der Waals surface area contributed by atoms with Crippen LogP contribution in [0, 0.1) is 11.3 Å². The van der Waals surface area contributed by atoms with Crippen LogP contribution in [0.25, 0.3) is 0 Å². The molecule has 110 valence electrons. The number of alkyl halides is 1. The molecule has 0 spiro atoms. The molecule has 1 aliphatic rings. The quantitative estimate of drug-likeness (QED) is 0.765. The minimum Gasteiger partial charge on any atom is -0.326 e. The second-order valence-electron chi connectivity index (χ2n) is 6.94. The average Bonchev–Trinajstić information content (AvgIpc) is 2.36. The molecular formula is C17H24BrNO. The smallest absolute Gasteiger partial charge is 0.224 e. The highest BCUT2D eigenvalue weighted by atomic mass is 79.9. The molecule has 1 heterocycles. The normalized spacial score (nSPS) is 18.1. The molecule has 1 aromatic carbocycles. The van der Waals surface area contributed by atoms with Crippen molar-refractivity contribution in [3.8, 4) is 0 Å². The van der Waals surface area contributed by atoms with E-state index in [4.69, 9.17) is 0 Å². The summed E-state index contributed by atoms with van der Waals surface area (Å²) in [6.45, 7) is 9.19. The molecule has 1 amide bonds. The van der Waals surface area contributed by atoms with Gasteiger partial charge in [-0.25, -0.2) is 0 Å². The SMILES string of the molecule is CC(CC(Br)c1ccc2c(c1)CCC(=O)N2)C(C)(C)C. The summed E-state index contributed by atoms with van der Waals surface area (Å²) in [4.78, 5) is 11.8. The molecule has 0 saturated carbocycles. The first-order chi connectivity index (χ1) is 9.27. The fourth-order valence-electron chi connectivity index (χ4n) is 2.40. The van der Waals surface area contributed by atoms with Gasteiger partial charge in [0.1, 0.15) is 0 Å². The summed E-state index contributed by atoms with van der Waals surface area (Å²) < 4.78 is 0. The highest BCUT2D eigenvalue weighted by molar-refractivity contribution is 9.09. The Morgan fingerprint density at radius 3 is 2.65 bits per heavy atom. The second kappa shape index (κ2) is 5.88. The summed E-state index contributed by atoms with van der Waals surface area (Å²) in [6.07, 6.45) is 2.57. The Bertz CT molecular complexity index is 504. The van der Waals surface area contributed by atoms with Gasteiger partial charge in [-0.3, -0.25) is 4.79 Å². The van der Waals surface area contributed by atoms with E-state index in [1.165, 1.54) is 11.1 Å². The number of fused-ring (bicyclic) bond motifs is 1. The Morgan fingerprint density at radius 1 is 1.30 bits per heavy atom. The Balaban J connectivity index is 2.12. The topological polar surface area (TPSA) is 29.1 Å². The molecule has 0 bridgehead atoms. The molecule has 0 fully saturated rings. The third kappa shape index (κ3) is 3.63. The lowest BCUT2D eigenvalue weighted by atomic mass is 9.79. The maximum atomic E-state index is 11.4. The maximum absolute atomic E-state index is 11.4. The fourth-order valence-corrected chi connectivity index (χ4v) is 3.24. The van der Waals surface area contributed by atoms with Gasteiger partial charge in [0.05, 0.1) is 0 Å². The number of carbonyl (C=O) groups excluding carboxylic acids is 1. The predicted octanol–water partition coefficient (Wildman–Crippen LogP) is 5.08. The molecular weight excluding hydrogens is 314 g/mol. The van der Waals surface area contributed by atoms with Gasteiger partial charge in [0.15, 0.2) is 0 Å². The number of hydrogen-bond acceptors (Lipinski definition) is 1. The highest BCUT2D eigenvalue weighted by Crippen LogP contribution is 2.38. The van der Waals surface area contributed by atoms with Crippen molar-refractivity contribution < 1.29 is 4.79 Å². The molecule has 3 heteroatoms. The standard InChI is InChI=1S/C17H24BrNO/c1-11(17(2,3)4)9-14(18)12-5-7-15-13(10-12)6-8-16(20)19-15/h5,7,10-11,14H,6,8-9H2,1-4H3,(H,19,20). The summed E-state index contributed by atoms with van der Waals surface area (Å²) >= 11 is 3.83. The van der Waals surface area contributed by atoms with Gasteiger partial charge in [0.2, 0.25) is 5.91 Å². The number of amides is 1. The summed E-state index contributed by atoms with van der Waals surface area (Å²) in [6, 6.07) is 6.40. The van der Waals surface area contributed by atoms with E-state index in [1.807, 2.05) is 6.07 Å². The zero-order chi connectivity index (χ0) is 14.9. The van der Waals surface area contributed by atoms with Crippen LogP contribution < -0.4 is 5.32 Å². The van der Waals surface area contributed by atoms with Crippen LogP contribution in [0.5, 0.6) is 0 Å². The number of hydrogen-bond donors (Lipinski definition) is 1. The van der Waals surface area contributed by atoms with E-state index in [-0.39, 0.29) is 5.91 Å². The number of nitrogens with one attached hydrogen (secondary N) is 1. The summed E-state index contributed by atoms with van der Waals surface area (Å²) in [5, 5.41) is 2.94.